The van der Waals surface area contributed by atoms with Crippen LogP contribution in [0, 0.1) is 5.92 Å². The number of piperidine rings is 1. The lowest BCUT2D eigenvalue weighted by molar-refractivity contribution is -0.0357. The van der Waals surface area contributed by atoms with Gasteiger partial charge in [-0.3, -0.25) is 4.90 Å². The fraction of sp³-hybridized carbons (Fsp3) is 0.950. The molecule has 2 N–H and O–H groups in total. The highest BCUT2D eigenvalue weighted by Crippen LogP contribution is 2.33. The highest BCUT2D eigenvalue weighted by Gasteiger charge is 2.38. The summed E-state index contributed by atoms with van der Waals surface area (Å²) in [5, 5.41) is 6.25. The summed E-state index contributed by atoms with van der Waals surface area (Å²) in [6.07, 6.45) is 8.83. The van der Waals surface area contributed by atoms with E-state index in [0.717, 1.165) is 51.9 Å². The minimum Gasteiger partial charge on any atom is -0.379 e. The topological polar surface area (TPSA) is 56.8 Å². The van der Waals surface area contributed by atoms with Crippen molar-refractivity contribution in [3.63, 3.8) is 0 Å². The maximum Gasteiger partial charge on any atom is 0.314 e. The monoisotopic (exact) mass is 366 g/mol. The number of rotatable bonds is 6. The van der Waals surface area contributed by atoms with E-state index in [2.05, 4.69) is 27.4 Å². The lowest BCUT2D eigenvalue weighted by Crippen LogP contribution is -2.60. The molecule has 0 atom stereocenters. The molecule has 1 aliphatic carbocycles. The van der Waals surface area contributed by atoms with E-state index in [0.29, 0.717) is 0 Å². The maximum absolute atomic E-state index is 12.3. The third-order valence-electron chi connectivity index (χ3n) is 6.63. The molecule has 1 saturated carbocycles. The summed E-state index contributed by atoms with van der Waals surface area (Å²) < 4.78 is 5.53. The molecule has 2 aliphatic heterocycles. The van der Waals surface area contributed by atoms with E-state index in [4.69, 9.17) is 4.74 Å². The summed E-state index contributed by atoms with van der Waals surface area (Å²) >= 11 is 0. The molecule has 0 spiro atoms. The van der Waals surface area contributed by atoms with Gasteiger partial charge in [0.15, 0.2) is 0 Å². The van der Waals surface area contributed by atoms with Gasteiger partial charge in [-0.1, -0.05) is 26.2 Å². The van der Waals surface area contributed by atoms with Crippen molar-refractivity contribution in [2.45, 2.75) is 57.4 Å². The van der Waals surface area contributed by atoms with Gasteiger partial charge in [0, 0.05) is 38.3 Å². The van der Waals surface area contributed by atoms with Gasteiger partial charge in [-0.2, -0.15) is 0 Å². The van der Waals surface area contributed by atoms with Gasteiger partial charge in [-0.05, 0) is 44.7 Å². The molecule has 6 nitrogen and oxygen atoms in total. The second kappa shape index (κ2) is 9.90. The standard InChI is InChI=1S/C20H38N4O2/c1-18-5-10-23(11-6-18)12-9-21-19(25)22-17-20(7-3-2-4-8-20)24-13-15-26-16-14-24/h18H,2-17H2,1H3,(H2,21,22,25). The lowest BCUT2D eigenvalue weighted by atomic mass is 9.80. The average molecular weight is 367 g/mol. The van der Waals surface area contributed by atoms with Crippen LogP contribution in [0.1, 0.15) is 51.9 Å². The predicted molar refractivity (Wildman–Crippen MR) is 104 cm³/mol. The van der Waals surface area contributed by atoms with Crippen LogP contribution in [0.2, 0.25) is 0 Å². The number of urea groups is 1. The maximum atomic E-state index is 12.3. The Hall–Kier alpha value is -0.850. The van der Waals surface area contributed by atoms with Gasteiger partial charge in [0.1, 0.15) is 0 Å². The molecule has 2 amide bonds. The third-order valence-corrected chi connectivity index (χ3v) is 6.63. The molecule has 2 saturated heterocycles. The summed E-state index contributed by atoms with van der Waals surface area (Å²) in [6, 6.07) is -0.00594. The molecule has 0 aromatic carbocycles. The first kappa shape index (κ1) is 19.9. The molecule has 0 aromatic heterocycles. The van der Waals surface area contributed by atoms with Crippen LogP contribution in [0.5, 0.6) is 0 Å². The quantitative estimate of drug-likeness (QED) is 0.755. The van der Waals surface area contributed by atoms with E-state index in [-0.39, 0.29) is 11.6 Å². The van der Waals surface area contributed by atoms with Gasteiger partial charge in [-0.15, -0.1) is 0 Å². The van der Waals surface area contributed by atoms with Crippen LogP contribution < -0.4 is 10.6 Å². The zero-order valence-electron chi connectivity index (χ0n) is 16.6. The number of hydrogen-bond acceptors (Lipinski definition) is 4. The summed E-state index contributed by atoms with van der Waals surface area (Å²) in [4.78, 5) is 17.4. The van der Waals surface area contributed by atoms with Crippen molar-refractivity contribution >= 4 is 6.03 Å². The molecule has 3 fully saturated rings. The molecule has 0 unspecified atom stereocenters. The minimum absolute atomic E-state index is 0.00594. The molecule has 3 aliphatic rings. The Morgan fingerprint density at radius 3 is 2.42 bits per heavy atom. The Morgan fingerprint density at radius 2 is 1.73 bits per heavy atom. The van der Waals surface area contributed by atoms with Crippen LogP contribution in [0.25, 0.3) is 0 Å². The van der Waals surface area contributed by atoms with Crippen molar-refractivity contribution in [1.82, 2.24) is 20.4 Å². The van der Waals surface area contributed by atoms with Crippen molar-refractivity contribution in [1.29, 1.82) is 0 Å². The lowest BCUT2D eigenvalue weighted by Gasteiger charge is -2.48. The Morgan fingerprint density at radius 1 is 1.04 bits per heavy atom. The first-order valence-electron chi connectivity index (χ1n) is 10.7. The number of amides is 2. The van der Waals surface area contributed by atoms with Crippen molar-refractivity contribution < 1.29 is 9.53 Å². The normalized spacial score (nSPS) is 25.7. The van der Waals surface area contributed by atoms with Gasteiger partial charge < -0.3 is 20.3 Å². The summed E-state index contributed by atoms with van der Waals surface area (Å²) in [7, 11) is 0. The van der Waals surface area contributed by atoms with Crippen molar-refractivity contribution in [2.24, 2.45) is 5.92 Å². The number of nitrogens with zero attached hydrogens (tertiary/aromatic N) is 2. The van der Waals surface area contributed by atoms with Crippen molar-refractivity contribution in [2.75, 3.05) is 59.0 Å². The predicted octanol–water partition coefficient (Wildman–Crippen LogP) is 2.05. The third kappa shape index (κ3) is 5.57. The molecule has 2 heterocycles. The van der Waals surface area contributed by atoms with Gasteiger partial charge in [-0.25, -0.2) is 4.79 Å². The second-order valence-corrected chi connectivity index (χ2v) is 8.52. The number of nitrogens with one attached hydrogen (secondary N) is 2. The molecule has 6 heteroatoms. The second-order valence-electron chi connectivity index (χ2n) is 8.52. The molecule has 3 rings (SSSR count). The molecular weight excluding hydrogens is 328 g/mol. The number of carbonyl (C=O) groups excluding carboxylic acids is 1. The summed E-state index contributed by atoms with van der Waals surface area (Å²) in [6.45, 7) is 10.8. The summed E-state index contributed by atoms with van der Waals surface area (Å²) in [5.74, 6) is 0.856. The van der Waals surface area contributed by atoms with E-state index >= 15 is 0 Å². The molecule has 0 radical (unpaired) electrons. The largest absolute Gasteiger partial charge is 0.379 e. The van der Waals surface area contributed by atoms with Gasteiger partial charge >= 0.3 is 6.03 Å². The number of morpholine rings is 1. The Kier molecular flexibility index (Phi) is 7.58. The van der Waals surface area contributed by atoms with Crippen LogP contribution in [-0.4, -0.2) is 80.4 Å². The molecule has 26 heavy (non-hydrogen) atoms. The van der Waals surface area contributed by atoms with Crippen LogP contribution in [0.15, 0.2) is 0 Å². The smallest absolute Gasteiger partial charge is 0.314 e. The fourth-order valence-corrected chi connectivity index (χ4v) is 4.77. The zero-order valence-corrected chi connectivity index (χ0v) is 16.6. The van der Waals surface area contributed by atoms with E-state index in [9.17, 15) is 4.79 Å². The van der Waals surface area contributed by atoms with E-state index in [1.807, 2.05) is 0 Å². The van der Waals surface area contributed by atoms with Gasteiger partial charge in [0.25, 0.3) is 0 Å². The Balaban J connectivity index is 1.39. The minimum atomic E-state index is -0.00594. The molecule has 150 valence electrons. The number of hydrogen-bond donors (Lipinski definition) is 2. The average Bonchev–Trinajstić information content (AvgIpc) is 2.69. The molecular formula is C20H38N4O2. The van der Waals surface area contributed by atoms with E-state index < -0.39 is 0 Å². The van der Waals surface area contributed by atoms with Gasteiger partial charge in [0.05, 0.1) is 13.2 Å². The highest BCUT2D eigenvalue weighted by atomic mass is 16.5. The van der Waals surface area contributed by atoms with E-state index in [1.165, 1.54) is 58.0 Å². The zero-order chi connectivity index (χ0) is 18.2. The number of ether oxygens (including phenoxy) is 1. The van der Waals surface area contributed by atoms with Crippen LogP contribution in [0.3, 0.4) is 0 Å². The van der Waals surface area contributed by atoms with E-state index in [1.54, 1.807) is 0 Å². The molecule has 0 bridgehead atoms. The first-order valence-corrected chi connectivity index (χ1v) is 10.7. The van der Waals surface area contributed by atoms with Crippen LogP contribution in [-0.2, 0) is 4.74 Å². The van der Waals surface area contributed by atoms with Crippen LogP contribution in [0.4, 0.5) is 4.79 Å². The fourth-order valence-electron chi connectivity index (χ4n) is 4.77. The Bertz CT molecular complexity index is 426. The highest BCUT2D eigenvalue weighted by molar-refractivity contribution is 5.73. The number of carbonyl (C=O) groups is 1. The number of likely N-dealkylation sites (tertiary alicyclic amines) is 1. The summed E-state index contributed by atoms with van der Waals surface area (Å²) in [5.41, 5.74) is 0.141. The van der Waals surface area contributed by atoms with Gasteiger partial charge in [0.2, 0.25) is 0 Å². The Labute approximate surface area is 159 Å². The molecule has 0 aromatic rings. The van der Waals surface area contributed by atoms with Crippen LogP contribution >= 0.6 is 0 Å². The van der Waals surface area contributed by atoms with Crippen molar-refractivity contribution in [3.05, 3.63) is 0 Å². The van der Waals surface area contributed by atoms with Crippen molar-refractivity contribution in [3.8, 4) is 0 Å². The SMILES string of the molecule is CC1CCN(CCNC(=O)NCC2(N3CCOCC3)CCCCC2)CC1. The first-order chi connectivity index (χ1) is 12.7.